The molecule has 1 amide bonds. The van der Waals surface area contributed by atoms with Crippen molar-refractivity contribution in [2.45, 2.75) is 33.2 Å². The molecule has 0 aliphatic rings. The zero-order valence-electron chi connectivity index (χ0n) is 10.2. The number of thiazole rings is 1. The van der Waals surface area contributed by atoms with Gasteiger partial charge in [0, 0.05) is 17.6 Å². The summed E-state index contributed by atoms with van der Waals surface area (Å²) in [5.74, 6) is -0.0444. The molecule has 1 rings (SSSR count). The van der Waals surface area contributed by atoms with Gasteiger partial charge in [-0.2, -0.15) is 0 Å². The first-order chi connectivity index (χ1) is 8.07. The number of nitrogens with one attached hydrogen (secondary N) is 2. The van der Waals surface area contributed by atoms with Gasteiger partial charge in [-0.25, -0.2) is 0 Å². The van der Waals surface area contributed by atoms with Crippen molar-refractivity contribution in [2.24, 2.45) is 11.1 Å². The third-order valence-corrected chi connectivity index (χ3v) is 3.95. The molecule has 0 saturated heterocycles. The summed E-state index contributed by atoms with van der Waals surface area (Å²) in [4.78, 5) is 25.5. The van der Waals surface area contributed by atoms with E-state index in [1.165, 1.54) is 0 Å². The highest BCUT2D eigenvalue weighted by Gasteiger charge is 2.32. The zero-order chi connectivity index (χ0) is 12.9. The molecule has 0 bridgehead atoms. The molecule has 0 unspecified atom stereocenters. The molecule has 0 saturated carbocycles. The second kappa shape index (κ2) is 5.97. The van der Waals surface area contributed by atoms with Crippen LogP contribution < -0.4 is 15.9 Å². The van der Waals surface area contributed by atoms with E-state index in [2.05, 4.69) is 10.3 Å². The number of nitrogens with two attached hydrogens (primary N) is 1. The van der Waals surface area contributed by atoms with Crippen LogP contribution >= 0.6 is 11.3 Å². The van der Waals surface area contributed by atoms with Crippen molar-refractivity contribution in [3.05, 3.63) is 20.7 Å². The molecule has 5 nitrogen and oxygen atoms in total. The fraction of sp³-hybridized carbons (Fsp3) is 0.636. The smallest absolute Gasteiger partial charge is 0.304 e. The lowest BCUT2D eigenvalue weighted by atomic mass is 9.81. The molecule has 0 aliphatic heterocycles. The van der Waals surface area contributed by atoms with Gasteiger partial charge >= 0.3 is 4.87 Å². The Balaban J connectivity index is 2.62. The van der Waals surface area contributed by atoms with E-state index in [1.807, 2.05) is 13.8 Å². The summed E-state index contributed by atoms with van der Waals surface area (Å²) < 4.78 is 0. The third-order valence-electron chi connectivity index (χ3n) is 3.24. The Kier molecular flexibility index (Phi) is 4.89. The van der Waals surface area contributed by atoms with Crippen molar-refractivity contribution in [1.82, 2.24) is 10.3 Å². The highest BCUT2D eigenvalue weighted by molar-refractivity contribution is 7.07. The molecular formula is C11H19N3O2S. The lowest BCUT2D eigenvalue weighted by Gasteiger charge is -2.28. The van der Waals surface area contributed by atoms with Crippen LogP contribution in [-0.2, 0) is 11.3 Å². The molecule has 0 atom stereocenters. The van der Waals surface area contributed by atoms with Gasteiger partial charge < -0.3 is 16.0 Å². The first-order valence-electron chi connectivity index (χ1n) is 5.73. The number of aromatic nitrogens is 1. The maximum absolute atomic E-state index is 12.1. The molecule has 96 valence electrons. The van der Waals surface area contributed by atoms with E-state index in [0.29, 0.717) is 25.9 Å². The Labute approximate surface area is 104 Å². The Morgan fingerprint density at radius 1 is 1.53 bits per heavy atom. The largest absolute Gasteiger partial charge is 0.350 e. The summed E-state index contributed by atoms with van der Waals surface area (Å²) in [7, 11) is 0. The van der Waals surface area contributed by atoms with Crippen LogP contribution in [0.1, 0.15) is 32.4 Å². The third kappa shape index (κ3) is 3.17. The summed E-state index contributed by atoms with van der Waals surface area (Å²) in [6.07, 6.45) is 1.43. The molecule has 0 radical (unpaired) electrons. The second-order valence-corrected chi connectivity index (χ2v) is 4.89. The van der Waals surface area contributed by atoms with E-state index < -0.39 is 5.41 Å². The molecule has 1 aromatic rings. The predicted molar refractivity (Wildman–Crippen MR) is 68.9 cm³/mol. The summed E-state index contributed by atoms with van der Waals surface area (Å²) in [6.45, 7) is 4.61. The molecule has 1 heterocycles. The molecule has 0 fully saturated rings. The standard InChI is InChI=1S/C11H19N3O2S/c1-3-11(4-2,7-12)9(15)13-5-8-6-17-10(16)14-8/h6H,3-5,7,12H2,1-2H3,(H,13,15)(H,14,16). The van der Waals surface area contributed by atoms with Gasteiger partial charge in [0.2, 0.25) is 5.91 Å². The fourth-order valence-electron chi connectivity index (χ4n) is 1.72. The Hall–Kier alpha value is -1.14. The zero-order valence-corrected chi connectivity index (χ0v) is 11.0. The minimum absolute atomic E-state index is 0.0444. The average molecular weight is 257 g/mol. The van der Waals surface area contributed by atoms with E-state index in [0.717, 1.165) is 17.0 Å². The molecule has 1 aromatic heterocycles. The van der Waals surface area contributed by atoms with Gasteiger partial charge in [-0.1, -0.05) is 25.2 Å². The lowest BCUT2D eigenvalue weighted by Crippen LogP contribution is -2.45. The van der Waals surface area contributed by atoms with Crippen molar-refractivity contribution in [3.63, 3.8) is 0 Å². The maximum Gasteiger partial charge on any atom is 0.304 e. The van der Waals surface area contributed by atoms with E-state index in [-0.39, 0.29) is 10.8 Å². The van der Waals surface area contributed by atoms with Crippen LogP contribution in [0.2, 0.25) is 0 Å². The highest BCUT2D eigenvalue weighted by Crippen LogP contribution is 2.24. The molecular weight excluding hydrogens is 238 g/mol. The average Bonchev–Trinajstić information content (AvgIpc) is 2.75. The second-order valence-electron chi connectivity index (χ2n) is 4.05. The van der Waals surface area contributed by atoms with Gasteiger partial charge in [0.15, 0.2) is 0 Å². The molecule has 0 spiro atoms. The number of hydrogen-bond donors (Lipinski definition) is 3. The quantitative estimate of drug-likeness (QED) is 0.705. The van der Waals surface area contributed by atoms with E-state index in [9.17, 15) is 9.59 Å². The Morgan fingerprint density at radius 3 is 2.59 bits per heavy atom. The van der Waals surface area contributed by atoms with Gasteiger partial charge in [0.25, 0.3) is 0 Å². The van der Waals surface area contributed by atoms with E-state index in [4.69, 9.17) is 5.73 Å². The molecule has 4 N–H and O–H groups in total. The van der Waals surface area contributed by atoms with Crippen molar-refractivity contribution >= 4 is 17.2 Å². The normalized spacial score (nSPS) is 11.5. The first kappa shape index (κ1) is 13.9. The Morgan fingerprint density at radius 2 is 2.18 bits per heavy atom. The van der Waals surface area contributed by atoms with Gasteiger partial charge in [-0.15, -0.1) is 0 Å². The molecule has 0 aromatic carbocycles. The number of amides is 1. The van der Waals surface area contributed by atoms with Crippen molar-refractivity contribution in [2.75, 3.05) is 6.54 Å². The minimum atomic E-state index is -0.490. The van der Waals surface area contributed by atoms with Gasteiger partial charge in [0.1, 0.15) is 0 Å². The van der Waals surface area contributed by atoms with Crippen LogP contribution in [0, 0.1) is 5.41 Å². The maximum atomic E-state index is 12.1. The van der Waals surface area contributed by atoms with Crippen molar-refractivity contribution in [3.8, 4) is 0 Å². The summed E-state index contributed by atoms with van der Waals surface area (Å²) in [6, 6.07) is 0. The topological polar surface area (TPSA) is 88.0 Å². The summed E-state index contributed by atoms with van der Waals surface area (Å²) >= 11 is 1.09. The van der Waals surface area contributed by atoms with Crippen LogP contribution in [0.15, 0.2) is 10.2 Å². The predicted octanol–water partition coefficient (Wildman–Crippen LogP) is 0.818. The fourth-order valence-corrected chi connectivity index (χ4v) is 2.30. The number of hydrogen-bond acceptors (Lipinski definition) is 4. The van der Waals surface area contributed by atoms with Gasteiger partial charge in [0.05, 0.1) is 12.0 Å². The SMILES string of the molecule is CCC(CC)(CN)C(=O)NCc1csc(=O)[nH]1. The van der Waals surface area contributed by atoms with Crippen LogP contribution in [0.3, 0.4) is 0 Å². The van der Waals surface area contributed by atoms with Crippen LogP contribution in [0.4, 0.5) is 0 Å². The minimum Gasteiger partial charge on any atom is -0.350 e. The first-order valence-corrected chi connectivity index (χ1v) is 6.61. The Bertz CT molecular complexity index is 412. The number of rotatable bonds is 6. The number of carbonyl (C=O) groups is 1. The number of aromatic amines is 1. The summed E-state index contributed by atoms with van der Waals surface area (Å²) in [5.41, 5.74) is 5.92. The number of carbonyl (C=O) groups excluding carboxylic acids is 1. The summed E-state index contributed by atoms with van der Waals surface area (Å²) in [5, 5.41) is 4.54. The molecule has 6 heteroatoms. The van der Waals surface area contributed by atoms with Gasteiger partial charge in [-0.3, -0.25) is 9.59 Å². The van der Waals surface area contributed by atoms with Crippen LogP contribution in [-0.4, -0.2) is 17.4 Å². The van der Waals surface area contributed by atoms with E-state index in [1.54, 1.807) is 5.38 Å². The molecule has 17 heavy (non-hydrogen) atoms. The van der Waals surface area contributed by atoms with Crippen molar-refractivity contribution in [1.29, 1.82) is 0 Å². The monoisotopic (exact) mass is 257 g/mol. The lowest BCUT2D eigenvalue weighted by molar-refractivity contribution is -0.131. The van der Waals surface area contributed by atoms with E-state index >= 15 is 0 Å². The number of H-pyrrole nitrogens is 1. The highest BCUT2D eigenvalue weighted by atomic mass is 32.1. The van der Waals surface area contributed by atoms with Crippen molar-refractivity contribution < 1.29 is 4.79 Å². The van der Waals surface area contributed by atoms with Crippen LogP contribution in [0.25, 0.3) is 0 Å². The molecule has 0 aliphatic carbocycles. The van der Waals surface area contributed by atoms with Gasteiger partial charge in [-0.05, 0) is 12.8 Å². The van der Waals surface area contributed by atoms with Crippen LogP contribution in [0.5, 0.6) is 0 Å².